The number of hydrogen-bond donors (Lipinski definition) is 2. The van der Waals surface area contributed by atoms with Gasteiger partial charge in [0.05, 0.1) is 16.0 Å². The second kappa shape index (κ2) is 6.41. The first-order valence-corrected chi connectivity index (χ1v) is 10.8. The van der Waals surface area contributed by atoms with Crippen LogP contribution < -0.4 is 5.32 Å². The van der Waals surface area contributed by atoms with E-state index < -0.39 is 21.6 Å². The number of amides is 1. The molecule has 6 nitrogen and oxygen atoms in total. The molecule has 0 spiro atoms. The van der Waals surface area contributed by atoms with Gasteiger partial charge in [0, 0.05) is 41.9 Å². The number of carbonyl (C=O) groups excluding carboxylic acids is 1. The monoisotopic (exact) mass is 401 g/mol. The number of rotatable bonds is 4. The minimum absolute atomic E-state index is 0.0650. The lowest BCUT2D eigenvalue weighted by Gasteiger charge is -2.14. The quantitative estimate of drug-likeness (QED) is 0.702. The van der Waals surface area contributed by atoms with Crippen LogP contribution in [0.25, 0.3) is 22.0 Å². The van der Waals surface area contributed by atoms with Crippen LogP contribution >= 0.6 is 0 Å². The summed E-state index contributed by atoms with van der Waals surface area (Å²) in [6, 6.07) is 6.07. The van der Waals surface area contributed by atoms with Crippen molar-refractivity contribution >= 4 is 26.6 Å². The number of nitrogens with one attached hydrogen (secondary N) is 2. The van der Waals surface area contributed by atoms with E-state index in [-0.39, 0.29) is 10.5 Å². The first-order chi connectivity index (χ1) is 13.2. The van der Waals surface area contributed by atoms with E-state index in [1.54, 1.807) is 19.1 Å². The van der Waals surface area contributed by atoms with Crippen LogP contribution in [-0.4, -0.2) is 37.8 Å². The number of carbonyl (C=O) groups is 1. The Morgan fingerprint density at radius 1 is 1.29 bits per heavy atom. The molecule has 2 aromatic carbocycles. The molecule has 0 saturated heterocycles. The number of benzene rings is 2. The van der Waals surface area contributed by atoms with Crippen LogP contribution in [0.2, 0.25) is 0 Å². The zero-order chi connectivity index (χ0) is 20.2. The van der Waals surface area contributed by atoms with Crippen LogP contribution in [0.3, 0.4) is 0 Å². The lowest BCUT2D eigenvalue weighted by molar-refractivity contribution is 0.0960. The summed E-state index contributed by atoms with van der Waals surface area (Å²) in [5.41, 5.74) is 2.83. The fourth-order valence-corrected chi connectivity index (χ4v) is 4.66. The Bertz CT molecular complexity index is 1230. The lowest BCUT2D eigenvalue weighted by Crippen LogP contribution is -2.20. The maximum absolute atomic E-state index is 14.9. The predicted octanol–water partition coefficient (Wildman–Crippen LogP) is 3.32. The molecule has 1 aliphatic rings. The molecule has 1 saturated carbocycles. The zero-order valence-electron chi connectivity index (χ0n) is 15.8. The molecule has 1 fully saturated rings. The van der Waals surface area contributed by atoms with E-state index in [0.29, 0.717) is 33.5 Å². The van der Waals surface area contributed by atoms with Crippen molar-refractivity contribution in [1.82, 2.24) is 15.5 Å². The maximum Gasteiger partial charge on any atom is 0.254 e. The number of aromatic nitrogens is 2. The van der Waals surface area contributed by atoms with Crippen molar-refractivity contribution in [2.24, 2.45) is 0 Å². The molecule has 146 valence electrons. The van der Waals surface area contributed by atoms with E-state index in [4.69, 9.17) is 0 Å². The summed E-state index contributed by atoms with van der Waals surface area (Å²) in [6.45, 7) is 1.69. The fourth-order valence-electron chi connectivity index (χ4n) is 3.70. The van der Waals surface area contributed by atoms with Gasteiger partial charge in [-0.1, -0.05) is 12.1 Å². The van der Waals surface area contributed by atoms with Crippen LogP contribution in [0.1, 0.15) is 40.4 Å². The molecular formula is C20H20FN3O3S. The Morgan fingerprint density at radius 3 is 2.57 bits per heavy atom. The molecule has 0 unspecified atom stereocenters. The number of H-pyrrole nitrogens is 1. The Hall–Kier alpha value is -2.74. The summed E-state index contributed by atoms with van der Waals surface area (Å²) in [6.07, 6.45) is 3.16. The van der Waals surface area contributed by atoms with Crippen molar-refractivity contribution in [2.45, 2.75) is 30.6 Å². The molecule has 1 heterocycles. The number of fused-ring (bicyclic) bond motifs is 1. The molecule has 1 amide bonds. The summed E-state index contributed by atoms with van der Waals surface area (Å²) < 4.78 is 38.8. The number of hydrogen-bond acceptors (Lipinski definition) is 4. The second-order valence-electron chi connectivity index (χ2n) is 7.25. The third kappa shape index (κ3) is 2.97. The van der Waals surface area contributed by atoms with Crippen molar-refractivity contribution in [1.29, 1.82) is 0 Å². The molecule has 0 bridgehead atoms. The van der Waals surface area contributed by atoms with Gasteiger partial charge in [-0.05, 0) is 37.0 Å². The number of nitrogens with zero attached hydrogens (tertiary/aromatic N) is 1. The van der Waals surface area contributed by atoms with Crippen LogP contribution in [0.15, 0.2) is 29.2 Å². The van der Waals surface area contributed by atoms with E-state index in [1.807, 2.05) is 0 Å². The van der Waals surface area contributed by atoms with Crippen LogP contribution in [0.5, 0.6) is 0 Å². The Morgan fingerprint density at radius 2 is 2.00 bits per heavy atom. The molecule has 1 aromatic heterocycles. The van der Waals surface area contributed by atoms with Crippen LogP contribution in [0, 0.1) is 12.7 Å². The van der Waals surface area contributed by atoms with Gasteiger partial charge in [0.2, 0.25) is 0 Å². The highest BCUT2D eigenvalue weighted by Crippen LogP contribution is 2.46. The minimum Gasteiger partial charge on any atom is -0.355 e. The largest absolute Gasteiger partial charge is 0.355 e. The number of aryl methyl sites for hydroxylation is 1. The Kier molecular flexibility index (Phi) is 4.26. The average molecular weight is 401 g/mol. The van der Waals surface area contributed by atoms with Gasteiger partial charge in [0.1, 0.15) is 5.82 Å². The van der Waals surface area contributed by atoms with Crippen LogP contribution in [-0.2, 0) is 9.84 Å². The molecule has 0 aliphatic heterocycles. The summed E-state index contributed by atoms with van der Waals surface area (Å²) in [5, 5.41) is 10.5. The first kappa shape index (κ1) is 18.6. The average Bonchev–Trinajstić information content (AvgIpc) is 3.39. The highest BCUT2D eigenvalue weighted by atomic mass is 32.2. The molecule has 3 aromatic rings. The molecular weight excluding hydrogens is 381 g/mol. The first-order valence-electron chi connectivity index (χ1n) is 8.96. The molecule has 2 N–H and O–H groups in total. The van der Waals surface area contributed by atoms with Gasteiger partial charge in [-0.2, -0.15) is 5.10 Å². The predicted molar refractivity (Wildman–Crippen MR) is 105 cm³/mol. The zero-order valence-corrected chi connectivity index (χ0v) is 16.6. The third-order valence-corrected chi connectivity index (χ3v) is 6.38. The van der Waals surface area contributed by atoms with E-state index in [9.17, 15) is 17.6 Å². The van der Waals surface area contributed by atoms with Crippen molar-refractivity contribution in [3.8, 4) is 11.1 Å². The molecule has 8 heteroatoms. The van der Waals surface area contributed by atoms with Crippen molar-refractivity contribution in [3.05, 3.63) is 46.9 Å². The number of aromatic amines is 1. The standard InChI is InChI=1S/C20H20FN3O3S/c1-10-8-12(6-7-15(10)28(3,26)27)16-17(20(25)22-2)13(21)9-14-18(16)19(24-23-14)11-4-5-11/h6-9,11H,4-5H2,1-3H3,(H,22,25)(H,23,24). The normalized spacial score (nSPS) is 14.4. The summed E-state index contributed by atoms with van der Waals surface area (Å²) >= 11 is 0. The molecule has 0 atom stereocenters. The highest BCUT2D eigenvalue weighted by molar-refractivity contribution is 7.90. The van der Waals surface area contributed by atoms with Gasteiger partial charge in [-0.3, -0.25) is 9.89 Å². The Labute approximate surface area is 162 Å². The lowest BCUT2D eigenvalue weighted by atomic mass is 9.92. The van der Waals surface area contributed by atoms with Gasteiger partial charge < -0.3 is 5.32 Å². The molecule has 28 heavy (non-hydrogen) atoms. The van der Waals surface area contributed by atoms with Crippen molar-refractivity contribution < 1.29 is 17.6 Å². The van der Waals surface area contributed by atoms with Gasteiger partial charge in [0.15, 0.2) is 9.84 Å². The van der Waals surface area contributed by atoms with Crippen molar-refractivity contribution in [3.63, 3.8) is 0 Å². The van der Waals surface area contributed by atoms with Crippen LogP contribution in [0.4, 0.5) is 4.39 Å². The summed E-state index contributed by atoms with van der Waals surface area (Å²) in [4.78, 5) is 12.7. The summed E-state index contributed by atoms with van der Waals surface area (Å²) in [5.74, 6) is -0.897. The van der Waals surface area contributed by atoms with E-state index >= 15 is 0 Å². The smallest absolute Gasteiger partial charge is 0.254 e. The molecule has 0 radical (unpaired) electrons. The maximum atomic E-state index is 14.9. The van der Waals surface area contributed by atoms with E-state index in [2.05, 4.69) is 15.5 Å². The van der Waals surface area contributed by atoms with E-state index in [0.717, 1.165) is 24.8 Å². The minimum atomic E-state index is -3.39. The van der Waals surface area contributed by atoms with Gasteiger partial charge >= 0.3 is 0 Å². The summed E-state index contributed by atoms with van der Waals surface area (Å²) in [7, 11) is -1.94. The van der Waals surface area contributed by atoms with E-state index in [1.165, 1.54) is 19.2 Å². The highest BCUT2D eigenvalue weighted by Gasteiger charge is 2.31. The fraction of sp³-hybridized carbons (Fsp3) is 0.300. The van der Waals surface area contributed by atoms with Gasteiger partial charge in [0.25, 0.3) is 5.91 Å². The Balaban J connectivity index is 2.08. The third-order valence-electron chi connectivity index (χ3n) is 5.13. The molecule has 4 rings (SSSR count). The van der Waals surface area contributed by atoms with Crippen molar-refractivity contribution in [2.75, 3.05) is 13.3 Å². The molecule has 1 aliphatic carbocycles. The number of halogens is 1. The topological polar surface area (TPSA) is 91.9 Å². The van der Waals surface area contributed by atoms with Gasteiger partial charge in [-0.15, -0.1) is 0 Å². The SMILES string of the molecule is CNC(=O)c1c(F)cc2n[nH]c(C3CC3)c2c1-c1ccc(S(C)(=O)=O)c(C)c1. The number of sulfone groups is 1. The second-order valence-corrected chi connectivity index (χ2v) is 9.23. The van der Waals surface area contributed by atoms with Gasteiger partial charge in [-0.25, -0.2) is 12.8 Å².